The van der Waals surface area contributed by atoms with Crippen molar-refractivity contribution in [2.24, 2.45) is 0 Å². The van der Waals surface area contributed by atoms with Crippen molar-refractivity contribution in [1.82, 2.24) is 9.55 Å². The smallest absolute Gasteiger partial charge is 0.308 e. The number of carbonyl (C=O) groups excluding carboxylic acids is 1. The molecular formula is C20H20N4O2. The predicted molar refractivity (Wildman–Crippen MR) is 103 cm³/mol. The van der Waals surface area contributed by atoms with Crippen molar-refractivity contribution in [2.75, 3.05) is 10.6 Å². The van der Waals surface area contributed by atoms with Crippen LogP contribution in [-0.2, 0) is 6.54 Å². The number of aromatic nitrogens is 2. The van der Waals surface area contributed by atoms with Gasteiger partial charge in [-0.3, -0.25) is 4.57 Å². The molecular weight excluding hydrogens is 328 g/mol. The van der Waals surface area contributed by atoms with Gasteiger partial charge in [-0.15, -0.1) is 0 Å². The molecule has 0 saturated heterocycles. The Morgan fingerprint density at radius 1 is 1.08 bits per heavy atom. The molecule has 2 amide bonds. The number of urea groups is 1. The van der Waals surface area contributed by atoms with Gasteiger partial charge in [0.2, 0.25) is 0 Å². The maximum absolute atomic E-state index is 12.3. The molecule has 3 rings (SSSR count). The maximum Gasteiger partial charge on any atom is 0.347 e. The van der Waals surface area contributed by atoms with Crippen molar-refractivity contribution >= 4 is 17.4 Å². The Bertz CT molecular complexity index is 995. The summed E-state index contributed by atoms with van der Waals surface area (Å²) >= 11 is 0. The molecule has 132 valence electrons. The van der Waals surface area contributed by atoms with E-state index >= 15 is 0 Å². The van der Waals surface area contributed by atoms with Crippen molar-refractivity contribution in [1.29, 1.82) is 0 Å². The standard InChI is InChI=1S/C20H20N4O2/c1-14-6-3-9-18(15(14)2)23-19(25)22-17-8-4-7-16(12-17)13-24-11-5-10-21-20(24)26/h3-12H,13H2,1-2H3,(H2,22,23,25). The number of nitrogens with zero attached hydrogens (tertiary/aromatic N) is 2. The largest absolute Gasteiger partial charge is 0.347 e. The molecule has 0 fully saturated rings. The lowest BCUT2D eigenvalue weighted by molar-refractivity contribution is 0.262. The van der Waals surface area contributed by atoms with E-state index in [1.54, 1.807) is 18.3 Å². The maximum atomic E-state index is 12.3. The molecule has 6 heteroatoms. The van der Waals surface area contributed by atoms with E-state index in [-0.39, 0.29) is 11.7 Å². The van der Waals surface area contributed by atoms with Crippen molar-refractivity contribution in [2.45, 2.75) is 20.4 Å². The minimum Gasteiger partial charge on any atom is -0.308 e. The van der Waals surface area contributed by atoms with Gasteiger partial charge in [0.15, 0.2) is 0 Å². The molecule has 3 aromatic rings. The van der Waals surface area contributed by atoms with Crippen molar-refractivity contribution in [3.05, 3.63) is 88.1 Å². The number of amides is 2. The number of carbonyl (C=O) groups is 1. The molecule has 0 spiro atoms. The average molecular weight is 348 g/mol. The van der Waals surface area contributed by atoms with Crippen LogP contribution >= 0.6 is 0 Å². The fourth-order valence-electron chi connectivity index (χ4n) is 2.62. The number of nitrogens with one attached hydrogen (secondary N) is 2. The lowest BCUT2D eigenvalue weighted by Gasteiger charge is -2.12. The van der Waals surface area contributed by atoms with Crippen LogP contribution in [0, 0.1) is 13.8 Å². The van der Waals surface area contributed by atoms with Crippen LogP contribution in [0.1, 0.15) is 16.7 Å². The first-order valence-corrected chi connectivity index (χ1v) is 8.27. The summed E-state index contributed by atoms with van der Waals surface area (Å²) in [5.74, 6) is 0. The molecule has 0 bridgehead atoms. The summed E-state index contributed by atoms with van der Waals surface area (Å²) < 4.78 is 1.51. The number of hydrogen-bond donors (Lipinski definition) is 2. The normalized spacial score (nSPS) is 10.4. The van der Waals surface area contributed by atoms with Crippen LogP contribution < -0.4 is 16.3 Å². The minimum atomic E-state index is -0.311. The van der Waals surface area contributed by atoms with Gasteiger partial charge in [0.05, 0.1) is 6.54 Å². The predicted octanol–water partition coefficient (Wildman–Crippen LogP) is 3.55. The Kier molecular flexibility index (Phi) is 5.12. The number of rotatable bonds is 4. The Balaban J connectivity index is 1.70. The van der Waals surface area contributed by atoms with Gasteiger partial charge in [0.25, 0.3) is 0 Å². The third-order valence-corrected chi connectivity index (χ3v) is 4.17. The second-order valence-electron chi connectivity index (χ2n) is 6.06. The van der Waals surface area contributed by atoms with Gasteiger partial charge in [-0.2, -0.15) is 0 Å². The molecule has 2 N–H and O–H groups in total. The van der Waals surface area contributed by atoms with E-state index in [1.165, 1.54) is 10.8 Å². The van der Waals surface area contributed by atoms with Gasteiger partial charge in [-0.1, -0.05) is 24.3 Å². The number of anilines is 2. The van der Waals surface area contributed by atoms with Gasteiger partial charge >= 0.3 is 11.7 Å². The van der Waals surface area contributed by atoms with E-state index in [9.17, 15) is 9.59 Å². The van der Waals surface area contributed by atoms with Gasteiger partial charge in [0.1, 0.15) is 0 Å². The molecule has 0 saturated carbocycles. The van der Waals surface area contributed by atoms with Crippen LogP contribution in [-0.4, -0.2) is 15.6 Å². The first-order valence-electron chi connectivity index (χ1n) is 8.27. The van der Waals surface area contributed by atoms with E-state index in [1.807, 2.05) is 50.2 Å². The van der Waals surface area contributed by atoms with Crippen molar-refractivity contribution < 1.29 is 4.79 Å². The van der Waals surface area contributed by atoms with Crippen LogP contribution in [0.2, 0.25) is 0 Å². The van der Waals surface area contributed by atoms with Gasteiger partial charge in [-0.25, -0.2) is 14.6 Å². The number of benzene rings is 2. The summed E-state index contributed by atoms with van der Waals surface area (Å²) in [4.78, 5) is 27.7. The van der Waals surface area contributed by atoms with Gasteiger partial charge in [0, 0.05) is 23.8 Å². The minimum absolute atomic E-state index is 0.307. The fraction of sp³-hybridized carbons (Fsp3) is 0.150. The molecule has 2 aromatic carbocycles. The Morgan fingerprint density at radius 3 is 2.69 bits per heavy atom. The zero-order valence-electron chi connectivity index (χ0n) is 14.7. The molecule has 0 unspecified atom stereocenters. The van der Waals surface area contributed by atoms with Crippen LogP contribution in [0.5, 0.6) is 0 Å². The first-order chi connectivity index (χ1) is 12.5. The fourth-order valence-corrected chi connectivity index (χ4v) is 2.62. The second-order valence-corrected chi connectivity index (χ2v) is 6.06. The Labute approximate surface area is 151 Å². The topological polar surface area (TPSA) is 76.0 Å². The summed E-state index contributed by atoms with van der Waals surface area (Å²) in [5, 5.41) is 5.69. The molecule has 1 heterocycles. The molecule has 0 aliphatic rings. The lowest BCUT2D eigenvalue weighted by Crippen LogP contribution is -2.22. The Hall–Kier alpha value is -3.41. The van der Waals surface area contributed by atoms with E-state index in [0.717, 1.165) is 22.4 Å². The Morgan fingerprint density at radius 2 is 1.88 bits per heavy atom. The molecule has 26 heavy (non-hydrogen) atoms. The first kappa shape index (κ1) is 17.4. The highest BCUT2D eigenvalue weighted by molar-refractivity contribution is 6.00. The van der Waals surface area contributed by atoms with Crippen molar-refractivity contribution in [3.63, 3.8) is 0 Å². The highest BCUT2D eigenvalue weighted by Crippen LogP contribution is 2.18. The van der Waals surface area contributed by atoms with Crippen LogP contribution in [0.4, 0.5) is 16.2 Å². The zero-order valence-corrected chi connectivity index (χ0v) is 14.7. The quantitative estimate of drug-likeness (QED) is 0.757. The molecule has 0 atom stereocenters. The molecule has 6 nitrogen and oxygen atoms in total. The molecule has 0 radical (unpaired) electrons. The van der Waals surface area contributed by atoms with Crippen molar-refractivity contribution in [3.8, 4) is 0 Å². The number of hydrogen-bond acceptors (Lipinski definition) is 3. The summed E-state index contributed by atoms with van der Waals surface area (Å²) in [6, 6.07) is 14.5. The highest BCUT2D eigenvalue weighted by atomic mass is 16.2. The van der Waals surface area contributed by atoms with E-state index in [2.05, 4.69) is 15.6 Å². The summed E-state index contributed by atoms with van der Waals surface area (Å²) in [5.41, 5.74) is 4.17. The van der Waals surface area contributed by atoms with E-state index in [4.69, 9.17) is 0 Å². The monoisotopic (exact) mass is 348 g/mol. The van der Waals surface area contributed by atoms with Gasteiger partial charge in [-0.05, 0) is 54.8 Å². The van der Waals surface area contributed by atoms with Gasteiger partial charge < -0.3 is 10.6 Å². The van der Waals surface area contributed by atoms with E-state index < -0.39 is 0 Å². The SMILES string of the molecule is Cc1cccc(NC(=O)Nc2cccc(Cn3cccnc3=O)c2)c1C. The third-order valence-electron chi connectivity index (χ3n) is 4.17. The molecule has 0 aliphatic carbocycles. The van der Waals surface area contributed by atoms with E-state index in [0.29, 0.717) is 12.2 Å². The van der Waals surface area contributed by atoms with Crippen LogP contribution in [0.15, 0.2) is 65.7 Å². The highest BCUT2D eigenvalue weighted by Gasteiger charge is 2.07. The van der Waals surface area contributed by atoms with Crippen LogP contribution in [0.25, 0.3) is 0 Å². The second kappa shape index (κ2) is 7.65. The molecule has 1 aromatic heterocycles. The average Bonchev–Trinajstić information content (AvgIpc) is 2.61. The summed E-state index contributed by atoms with van der Waals surface area (Å²) in [6.07, 6.45) is 3.15. The third kappa shape index (κ3) is 4.16. The summed E-state index contributed by atoms with van der Waals surface area (Å²) in [7, 11) is 0. The molecule has 0 aliphatic heterocycles. The summed E-state index contributed by atoms with van der Waals surface area (Å²) in [6.45, 7) is 4.36. The lowest BCUT2D eigenvalue weighted by atomic mass is 10.1. The zero-order chi connectivity index (χ0) is 18.5. The van der Waals surface area contributed by atoms with Crippen LogP contribution in [0.3, 0.4) is 0 Å². The number of aryl methyl sites for hydroxylation is 1.